The van der Waals surface area contributed by atoms with Gasteiger partial charge in [0.25, 0.3) is 0 Å². The minimum atomic E-state index is -0.231. The summed E-state index contributed by atoms with van der Waals surface area (Å²) in [4.78, 5) is 12.3. The lowest BCUT2D eigenvalue weighted by atomic mass is 9.38. The van der Waals surface area contributed by atoms with Crippen LogP contribution in [0.15, 0.2) is 30.3 Å². The minimum absolute atomic E-state index is 0.0373. The largest absolute Gasteiger partial charge is 0.369 e. The second-order valence-corrected chi connectivity index (χ2v) is 8.15. The first-order chi connectivity index (χ1) is 10.0. The molecule has 0 saturated heterocycles. The first-order valence-corrected chi connectivity index (χ1v) is 8.37. The highest BCUT2D eigenvalue weighted by molar-refractivity contribution is 5.82. The van der Waals surface area contributed by atoms with Crippen LogP contribution in [0, 0.1) is 16.7 Å². The molecule has 4 saturated carbocycles. The van der Waals surface area contributed by atoms with Crippen molar-refractivity contribution in [1.82, 2.24) is 0 Å². The molecule has 0 heterocycles. The van der Waals surface area contributed by atoms with Gasteiger partial charge >= 0.3 is 0 Å². The molecule has 4 fully saturated rings. The minimum Gasteiger partial charge on any atom is -0.369 e. The molecule has 4 unspecified atom stereocenters. The van der Waals surface area contributed by atoms with Crippen LogP contribution in [0.1, 0.15) is 57.4 Å². The van der Waals surface area contributed by atoms with Crippen molar-refractivity contribution in [2.45, 2.75) is 57.3 Å². The maximum Gasteiger partial charge on any atom is 0.223 e. The summed E-state index contributed by atoms with van der Waals surface area (Å²) in [6.45, 7) is 2.31. The Bertz CT molecular complexity index is 582. The topological polar surface area (TPSA) is 43.1 Å². The smallest absolute Gasteiger partial charge is 0.223 e. The molecule has 1 aromatic carbocycles. The van der Waals surface area contributed by atoms with E-state index in [9.17, 15) is 4.79 Å². The summed E-state index contributed by atoms with van der Waals surface area (Å²) in [5.41, 5.74) is 7.67. The first-order valence-electron chi connectivity index (χ1n) is 8.37. The summed E-state index contributed by atoms with van der Waals surface area (Å²) < 4.78 is 0. The number of carbonyl (C=O) groups excluding carboxylic acids is 1. The van der Waals surface area contributed by atoms with Crippen molar-refractivity contribution < 1.29 is 4.79 Å². The Morgan fingerprint density at radius 2 is 1.90 bits per heavy atom. The van der Waals surface area contributed by atoms with Gasteiger partial charge in [-0.3, -0.25) is 4.79 Å². The Morgan fingerprint density at radius 3 is 2.57 bits per heavy atom. The lowest BCUT2D eigenvalue weighted by molar-refractivity contribution is -0.160. The van der Waals surface area contributed by atoms with E-state index >= 15 is 0 Å². The monoisotopic (exact) mass is 283 g/mol. The summed E-state index contributed by atoms with van der Waals surface area (Å²) in [6, 6.07) is 10.9. The molecule has 5 rings (SSSR count). The molecule has 4 aliphatic rings. The Balaban J connectivity index is 1.85. The van der Waals surface area contributed by atoms with Crippen LogP contribution >= 0.6 is 0 Å². The number of nitrogens with two attached hydrogens (primary N) is 1. The molecule has 1 aromatic rings. The molecule has 2 heteroatoms. The van der Waals surface area contributed by atoms with E-state index in [4.69, 9.17) is 5.73 Å². The lowest BCUT2D eigenvalue weighted by Gasteiger charge is -2.66. The highest BCUT2D eigenvalue weighted by atomic mass is 16.1. The summed E-state index contributed by atoms with van der Waals surface area (Å²) in [5.74, 6) is 0.652. The zero-order valence-electron chi connectivity index (χ0n) is 12.9. The third-order valence-electron chi connectivity index (χ3n) is 6.84. The Kier molecular flexibility index (Phi) is 2.62. The summed E-state index contributed by atoms with van der Waals surface area (Å²) in [6.07, 6.45) is 8.08. The molecule has 2 N–H and O–H groups in total. The van der Waals surface area contributed by atoms with Gasteiger partial charge in [0.2, 0.25) is 5.91 Å². The van der Waals surface area contributed by atoms with E-state index in [1.54, 1.807) is 0 Å². The second-order valence-electron chi connectivity index (χ2n) is 8.15. The zero-order chi connectivity index (χ0) is 14.7. The molecule has 4 atom stereocenters. The van der Waals surface area contributed by atoms with Crippen molar-refractivity contribution in [3.63, 3.8) is 0 Å². The Hall–Kier alpha value is -1.31. The third kappa shape index (κ3) is 1.74. The van der Waals surface area contributed by atoms with Crippen molar-refractivity contribution >= 4 is 5.91 Å². The van der Waals surface area contributed by atoms with Crippen LogP contribution in [-0.4, -0.2) is 5.91 Å². The molecular formula is C19H25NO. The summed E-state index contributed by atoms with van der Waals surface area (Å²) >= 11 is 0. The molecule has 1 amide bonds. The molecule has 21 heavy (non-hydrogen) atoms. The maximum absolute atomic E-state index is 12.3. The molecule has 0 aliphatic heterocycles. The van der Waals surface area contributed by atoms with Crippen molar-refractivity contribution in [1.29, 1.82) is 0 Å². The summed E-state index contributed by atoms with van der Waals surface area (Å²) in [7, 11) is 0. The molecule has 2 nitrogen and oxygen atoms in total. The zero-order valence-corrected chi connectivity index (χ0v) is 12.9. The van der Waals surface area contributed by atoms with E-state index in [1.165, 1.54) is 31.2 Å². The number of primary amides is 1. The standard InChI is InChI=1S/C19H25NO/c1-2-17-8-14-9-18(11-17,15-6-4-3-5-7-15)13-19(10-14,12-17)16(20)21/h3-7,14H,2,8-13H2,1H3,(H2,20,21). The molecule has 0 radical (unpaired) electrons. The molecular weight excluding hydrogens is 258 g/mol. The van der Waals surface area contributed by atoms with E-state index in [1.807, 2.05) is 0 Å². The fourth-order valence-electron chi connectivity index (χ4n) is 6.42. The van der Waals surface area contributed by atoms with Gasteiger partial charge in [0.1, 0.15) is 0 Å². The highest BCUT2D eigenvalue weighted by Gasteiger charge is 2.64. The fourth-order valence-corrected chi connectivity index (χ4v) is 6.42. The van der Waals surface area contributed by atoms with Gasteiger partial charge in [-0.25, -0.2) is 0 Å². The molecule has 0 aromatic heterocycles. The second kappa shape index (κ2) is 4.12. The van der Waals surface area contributed by atoms with Gasteiger partial charge in [-0.1, -0.05) is 43.7 Å². The Morgan fingerprint density at radius 1 is 1.14 bits per heavy atom. The summed E-state index contributed by atoms with van der Waals surface area (Å²) in [5, 5.41) is 0. The number of amides is 1. The van der Waals surface area contributed by atoms with Crippen LogP contribution in [0.5, 0.6) is 0 Å². The van der Waals surface area contributed by atoms with E-state index in [0.717, 1.165) is 19.3 Å². The average Bonchev–Trinajstić information content (AvgIpc) is 2.47. The van der Waals surface area contributed by atoms with Crippen molar-refractivity contribution in [2.24, 2.45) is 22.5 Å². The van der Waals surface area contributed by atoms with Crippen LogP contribution < -0.4 is 5.73 Å². The highest BCUT2D eigenvalue weighted by Crippen LogP contribution is 2.70. The van der Waals surface area contributed by atoms with Gasteiger partial charge in [0.05, 0.1) is 5.41 Å². The van der Waals surface area contributed by atoms with E-state index in [2.05, 4.69) is 37.3 Å². The van der Waals surface area contributed by atoms with Gasteiger partial charge in [-0.2, -0.15) is 0 Å². The first kappa shape index (κ1) is 13.4. The molecule has 0 spiro atoms. The van der Waals surface area contributed by atoms with E-state index < -0.39 is 0 Å². The van der Waals surface area contributed by atoms with Crippen LogP contribution in [0.4, 0.5) is 0 Å². The number of hydrogen-bond acceptors (Lipinski definition) is 1. The van der Waals surface area contributed by atoms with E-state index in [0.29, 0.717) is 11.3 Å². The predicted octanol–water partition coefficient (Wildman–Crippen LogP) is 3.79. The van der Waals surface area contributed by atoms with Crippen LogP contribution in [0.25, 0.3) is 0 Å². The maximum atomic E-state index is 12.3. The van der Waals surface area contributed by atoms with E-state index in [-0.39, 0.29) is 16.7 Å². The quantitative estimate of drug-likeness (QED) is 0.901. The van der Waals surface area contributed by atoms with Gasteiger partial charge in [0.15, 0.2) is 0 Å². The Labute approximate surface area is 127 Å². The molecule has 112 valence electrons. The lowest BCUT2D eigenvalue weighted by Crippen LogP contribution is -2.62. The van der Waals surface area contributed by atoms with Crippen molar-refractivity contribution in [2.75, 3.05) is 0 Å². The predicted molar refractivity (Wildman–Crippen MR) is 83.7 cm³/mol. The SMILES string of the molecule is CCC12CC3CC(C(N)=O)(C1)CC(c1ccccc1)(C3)C2. The van der Waals surface area contributed by atoms with Crippen molar-refractivity contribution in [3.8, 4) is 0 Å². The van der Waals surface area contributed by atoms with Gasteiger partial charge in [0, 0.05) is 0 Å². The number of rotatable bonds is 3. The number of carbonyl (C=O) groups is 1. The van der Waals surface area contributed by atoms with Crippen LogP contribution in [0.2, 0.25) is 0 Å². The number of hydrogen-bond donors (Lipinski definition) is 1. The van der Waals surface area contributed by atoms with Gasteiger partial charge < -0.3 is 5.73 Å². The molecule has 4 aliphatic carbocycles. The number of benzene rings is 1. The van der Waals surface area contributed by atoms with Gasteiger partial charge in [-0.05, 0) is 60.8 Å². The third-order valence-corrected chi connectivity index (χ3v) is 6.84. The van der Waals surface area contributed by atoms with Crippen LogP contribution in [-0.2, 0) is 10.2 Å². The average molecular weight is 283 g/mol. The normalized spacial score (nSPS) is 44.0. The fraction of sp³-hybridized carbons (Fsp3) is 0.632. The van der Waals surface area contributed by atoms with Gasteiger partial charge in [-0.15, -0.1) is 0 Å². The van der Waals surface area contributed by atoms with Crippen molar-refractivity contribution in [3.05, 3.63) is 35.9 Å². The molecule has 4 bridgehead atoms. The van der Waals surface area contributed by atoms with Crippen LogP contribution in [0.3, 0.4) is 0 Å².